The van der Waals surface area contributed by atoms with Crippen LogP contribution >= 0.6 is 0 Å². The van der Waals surface area contributed by atoms with Crippen molar-refractivity contribution >= 4 is 5.69 Å². The average molecular weight is 229 g/mol. The average Bonchev–Trinajstić information content (AvgIpc) is 2.76. The van der Waals surface area contributed by atoms with Crippen LogP contribution in [-0.4, -0.2) is 9.78 Å². The first-order valence-corrected chi connectivity index (χ1v) is 6.02. The van der Waals surface area contributed by atoms with Gasteiger partial charge in [0.2, 0.25) is 0 Å². The Labute approximate surface area is 102 Å². The van der Waals surface area contributed by atoms with Crippen LogP contribution in [0.5, 0.6) is 0 Å². The van der Waals surface area contributed by atoms with Gasteiger partial charge in [0, 0.05) is 18.4 Å². The maximum absolute atomic E-state index is 4.45. The van der Waals surface area contributed by atoms with Crippen molar-refractivity contribution < 1.29 is 0 Å². The van der Waals surface area contributed by atoms with Gasteiger partial charge in [-0.15, -0.1) is 0 Å². The summed E-state index contributed by atoms with van der Waals surface area (Å²) in [4.78, 5) is 0. The molecule has 0 aliphatic carbocycles. The van der Waals surface area contributed by atoms with E-state index in [1.807, 2.05) is 10.9 Å². The first-order chi connectivity index (χ1) is 8.19. The summed E-state index contributed by atoms with van der Waals surface area (Å²) >= 11 is 0. The van der Waals surface area contributed by atoms with Crippen molar-refractivity contribution in [1.82, 2.24) is 9.78 Å². The van der Waals surface area contributed by atoms with E-state index in [2.05, 4.69) is 55.5 Å². The molecule has 0 saturated heterocycles. The Morgan fingerprint density at radius 2 is 2.06 bits per heavy atom. The molecule has 2 rings (SSSR count). The molecule has 0 amide bonds. The summed E-state index contributed by atoms with van der Waals surface area (Å²) in [6.07, 6.45) is 2.01. The summed E-state index contributed by atoms with van der Waals surface area (Å²) in [6.45, 7) is 8.02. The summed E-state index contributed by atoms with van der Waals surface area (Å²) in [5, 5.41) is 7.86. The van der Waals surface area contributed by atoms with Crippen LogP contribution in [0, 0.1) is 13.8 Å². The molecule has 1 aromatic heterocycles. The normalized spacial score (nSPS) is 10.5. The number of hydrogen-bond acceptors (Lipinski definition) is 2. The minimum absolute atomic E-state index is 0.775. The van der Waals surface area contributed by atoms with Crippen LogP contribution in [0.15, 0.2) is 30.5 Å². The van der Waals surface area contributed by atoms with E-state index in [4.69, 9.17) is 0 Å². The standard InChI is InChI=1S/C14H19N3/c1-4-17-8-7-13(16-17)10-15-14-6-5-11(2)9-12(14)3/h5-9,15H,4,10H2,1-3H3. The van der Waals surface area contributed by atoms with E-state index >= 15 is 0 Å². The number of nitrogens with one attached hydrogen (secondary N) is 1. The Kier molecular flexibility index (Phi) is 3.47. The van der Waals surface area contributed by atoms with Crippen LogP contribution < -0.4 is 5.32 Å². The molecule has 0 spiro atoms. The highest BCUT2D eigenvalue weighted by Gasteiger charge is 2.00. The van der Waals surface area contributed by atoms with E-state index < -0.39 is 0 Å². The second kappa shape index (κ2) is 5.04. The molecule has 0 unspecified atom stereocenters. The fourth-order valence-electron chi connectivity index (χ4n) is 1.87. The number of aryl methyl sites for hydroxylation is 3. The quantitative estimate of drug-likeness (QED) is 0.873. The number of benzene rings is 1. The van der Waals surface area contributed by atoms with Crippen molar-refractivity contribution in [2.75, 3.05) is 5.32 Å². The van der Waals surface area contributed by atoms with Crippen molar-refractivity contribution in [1.29, 1.82) is 0 Å². The third-order valence-corrected chi connectivity index (χ3v) is 2.86. The molecule has 3 heteroatoms. The van der Waals surface area contributed by atoms with Crippen LogP contribution in [0.25, 0.3) is 0 Å². The second-order valence-electron chi connectivity index (χ2n) is 4.33. The van der Waals surface area contributed by atoms with Crippen molar-refractivity contribution in [2.45, 2.75) is 33.9 Å². The summed E-state index contributed by atoms with van der Waals surface area (Å²) in [5.74, 6) is 0. The molecule has 0 bridgehead atoms. The van der Waals surface area contributed by atoms with Crippen LogP contribution in [0.2, 0.25) is 0 Å². The minimum Gasteiger partial charge on any atom is -0.379 e. The molecule has 0 radical (unpaired) electrons. The largest absolute Gasteiger partial charge is 0.379 e. The monoisotopic (exact) mass is 229 g/mol. The molecule has 3 nitrogen and oxygen atoms in total. The predicted molar refractivity (Wildman–Crippen MR) is 71.1 cm³/mol. The molecule has 0 aliphatic heterocycles. The lowest BCUT2D eigenvalue weighted by Crippen LogP contribution is -2.03. The Morgan fingerprint density at radius 1 is 1.24 bits per heavy atom. The van der Waals surface area contributed by atoms with Gasteiger partial charge in [0.15, 0.2) is 0 Å². The first-order valence-electron chi connectivity index (χ1n) is 6.02. The van der Waals surface area contributed by atoms with Crippen molar-refractivity contribution in [3.8, 4) is 0 Å². The van der Waals surface area contributed by atoms with E-state index in [9.17, 15) is 0 Å². The van der Waals surface area contributed by atoms with E-state index in [1.165, 1.54) is 16.8 Å². The van der Waals surface area contributed by atoms with Gasteiger partial charge in [-0.25, -0.2) is 0 Å². The number of rotatable bonds is 4. The van der Waals surface area contributed by atoms with Crippen molar-refractivity contribution in [2.24, 2.45) is 0 Å². The van der Waals surface area contributed by atoms with E-state index in [0.717, 1.165) is 18.8 Å². The molecule has 0 aliphatic rings. The number of anilines is 1. The Bertz CT molecular complexity index is 500. The third-order valence-electron chi connectivity index (χ3n) is 2.86. The van der Waals surface area contributed by atoms with Crippen LogP contribution in [-0.2, 0) is 13.1 Å². The topological polar surface area (TPSA) is 29.9 Å². The van der Waals surface area contributed by atoms with E-state index in [0.29, 0.717) is 0 Å². The lowest BCUT2D eigenvalue weighted by Gasteiger charge is -2.08. The Balaban J connectivity index is 2.02. The fraction of sp³-hybridized carbons (Fsp3) is 0.357. The van der Waals surface area contributed by atoms with Gasteiger partial charge in [-0.2, -0.15) is 5.10 Å². The number of hydrogen-bond donors (Lipinski definition) is 1. The molecule has 0 saturated carbocycles. The predicted octanol–water partition coefficient (Wildman–Crippen LogP) is 3.13. The van der Waals surface area contributed by atoms with Crippen molar-refractivity contribution in [3.63, 3.8) is 0 Å². The SMILES string of the molecule is CCn1ccc(CNc2ccc(C)cc2C)n1. The molecule has 0 atom stereocenters. The minimum atomic E-state index is 0.775. The summed E-state index contributed by atoms with van der Waals surface area (Å²) in [6, 6.07) is 8.49. The van der Waals surface area contributed by atoms with Gasteiger partial charge in [-0.05, 0) is 38.5 Å². The number of aromatic nitrogens is 2. The Hall–Kier alpha value is -1.77. The third kappa shape index (κ3) is 2.87. The zero-order chi connectivity index (χ0) is 12.3. The second-order valence-corrected chi connectivity index (χ2v) is 4.33. The maximum Gasteiger partial charge on any atom is 0.0815 e. The van der Waals surface area contributed by atoms with Crippen molar-refractivity contribution in [3.05, 3.63) is 47.3 Å². The summed E-state index contributed by atoms with van der Waals surface area (Å²) in [5.41, 5.74) is 4.83. The van der Waals surface area contributed by atoms with Gasteiger partial charge in [-0.3, -0.25) is 4.68 Å². The smallest absolute Gasteiger partial charge is 0.0815 e. The van der Waals surface area contributed by atoms with Gasteiger partial charge < -0.3 is 5.32 Å². The van der Waals surface area contributed by atoms with Gasteiger partial charge >= 0.3 is 0 Å². The van der Waals surface area contributed by atoms with Gasteiger partial charge in [0.05, 0.1) is 12.2 Å². The highest BCUT2D eigenvalue weighted by molar-refractivity contribution is 5.51. The highest BCUT2D eigenvalue weighted by atomic mass is 15.3. The van der Waals surface area contributed by atoms with Gasteiger partial charge in [0.1, 0.15) is 0 Å². The zero-order valence-corrected chi connectivity index (χ0v) is 10.7. The summed E-state index contributed by atoms with van der Waals surface area (Å²) in [7, 11) is 0. The molecular formula is C14H19N3. The summed E-state index contributed by atoms with van der Waals surface area (Å²) < 4.78 is 1.94. The van der Waals surface area contributed by atoms with Crippen LogP contribution in [0.3, 0.4) is 0 Å². The van der Waals surface area contributed by atoms with E-state index in [1.54, 1.807) is 0 Å². The molecule has 17 heavy (non-hydrogen) atoms. The first kappa shape index (κ1) is 11.7. The zero-order valence-electron chi connectivity index (χ0n) is 10.7. The van der Waals surface area contributed by atoms with Gasteiger partial charge in [0.25, 0.3) is 0 Å². The molecule has 0 fully saturated rings. The van der Waals surface area contributed by atoms with E-state index in [-0.39, 0.29) is 0 Å². The highest BCUT2D eigenvalue weighted by Crippen LogP contribution is 2.16. The molecule has 1 N–H and O–H groups in total. The molecular weight excluding hydrogens is 210 g/mol. The van der Waals surface area contributed by atoms with Crippen LogP contribution in [0.1, 0.15) is 23.7 Å². The molecule has 1 aromatic carbocycles. The molecule has 90 valence electrons. The Morgan fingerprint density at radius 3 is 2.71 bits per heavy atom. The number of nitrogens with zero attached hydrogens (tertiary/aromatic N) is 2. The molecule has 2 aromatic rings. The lowest BCUT2D eigenvalue weighted by atomic mass is 10.1. The fourth-order valence-corrected chi connectivity index (χ4v) is 1.87. The van der Waals surface area contributed by atoms with Crippen LogP contribution in [0.4, 0.5) is 5.69 Å². The molecule has 1 heterocycles. The maximum atomic E-state index is 4.45. The lowest BCUT2D eigenvalue weighted by molar-refractivity contribution is 0.649. The van der Waals surface area contributed by atoms with Gasteiger partial charge in [-0.1, -0.05) is 17.7 Å².